The standard InChI is InChI=1S/C27H22BrClF5N3O3/c1-14(24-18(29)11-17(28)12-35-24)37(26(38)22(31)16-5-3-2-4-6-16)25(36-39-13-15-7-8-15)21-20(40-27(33)34)10-9-19(30)23(21)32/h2-6,9-12,14-15,22,27H,7-8,13H2,1H3/b36-25+. The van der Waals surface area contributed by atoms with Crippen LogP contribution < -0.4 is 4.74 Å². The van der Waals surface area contributed by atoms with E-state index in [1.54, 1.807) is 6.07 Å². The van der Waals surface area contributed by atoms with E-state index in [-0.39, 0.29) is 28.8 Å². The number of ether oxygens (including phenoxy) is 1. The van der Waals surface area contributed by atoms with E-state index >= 15 is 8.78 Å². The number of amides is 1. The molecule has 2 atom stereocenters. The minimum atomic E-state index is -3.44. The number of halogens is 7. The molecule has 0 bridgehead atoms. The normalized spacial score (nSPS) is 15.1. The fourth-order valence-electron chi connectivity index (χ4n) is 3.85. The fourth-order valence-corrected chi connectivity index (χ4v) is 4.64. The van der Waals surface area contributed by atoms with Gasteiger partial charge in [-0.2, -0.15) is 8.78 Å². The number of amidine groups is 1. The van der Waals surface area contributed by atoms with E-state index in [4.69, 9.17) is 16.4 Å². The third-order valence-electron chi connectivity index (χ3n) is 6.05. The highest BCUT2D eigenvalue weighted by Crippen LogP contribution is 2.36. The summed E-state index contributed by atoms with van der Waals surface area (Å²) >= 11 is 9.60. The molecule has 0 spiro atoms. The quantitative estimate of drug-likeness (QED) is 0.0978. The van der Waals surface area contributed by atoms with Crippen molar-refractivity contribution in [2.75, 3.05) is 6.61 Å². The van der Waals surface area contributed by atoms with Gasteiger partial charge in [0.15, 0.2) is 17.5 Å². The van der Waals surface area contributed by atoms with Gasteiger partial charge in [-0.05, 0) is 65.4 Å². The Morgan fingerprint density at radius 1 is 1.18 bits per heavy atom. The third kappa shape index (κ3) is 6.90. The van der Waals surface area contributed by atoms with Crippen LogP contribution in [0.1, 0.15) is 48.8 Å². The Bertz CT molecular complexity index is 1400. The van der Waals surface area contributed by atoms with E-state index in [1.165, 1.54) is 43.5 Å². The van der Waals surface area contributed by atoms with Crippen molar-refractivity contribution in [1.29, 1.82) is 0 Å². The summed E-state index contributed by atoms with van der Waals surface area (Å²) in [7, 11) is 0. The molecule has 0 radical (unpaired) electrons. The number of alkyl halides is 3. The molecule has 0 saturated heterocycles. The fraction of sp³-hybridized carbons (Fsp3) is 0.296. The Balaban J connectivity index is 1.93. The Morgan fingerprint density at radius 2 is 1.88 bits per heavy atom. The number of hydrogen-bond acceptors (Lipinski definition) is 5. The average Bonchev–Trinajstić information content (AvgIpc) is 3.74. The number of benzene rings is 2. The molecule has 1 saturated carbocycles. The maximum atomic E-state index is 15.8. The Labute approximate surface area is 239 Å². The number of oxime groups is 1. The average molecular weight is 647 g/mol. The zero-order valence-electron chi connectivity index (χ0n) is 20.8. The van der Waals surface area contributed by atoms with Crippen molar-refractivity contribution in [3.63, 3.8) is 0 Å². The number of aromatic nitrogens is 1. The molecule has 0 N–H and O–H groups in total. The minimum Gasteiger partial charge on any atom is -0.434 e. The Kier molecular flexibility index (Phi) is 9.62. The first-order chi connectivity index (χ1) is 19.1. The van der Waals surface area contributed by atoms with Gasteiger partial charge in [0, 0.05) is 10.7 Å². The van der Waals surface area contributed by atoms with Crippen LogP contribution in [0, 0.1) is 17.6 Å². The largest absolute Gasteiger partial charge is 0.434 e. The van der Waals surface area contributed by atoms with E-state index in [2.05, 4.69) is 30.8 Å². The van der Waals surface area contributed by atoms with Crippen molar-refractivity contribution in [3.8, 4) is 5.75 Å². The summed E-state index contributed by atoms with van der Waals surface area (Å²) in [5.74, 6) is -5.93. The lowest BCUT2D eigenvalue weighted by Gasteiger charge is -2.32. The molecule has 1 aliphatic rings. The molecule has 1 amide bonds. The monoisotopic (exact) mass is 645 g/mol. The zero-order chi connectivity index (χ0) is 29.0. The molecule has 40 heavy (non-hydrogen) atoms. The summed E-state index contributed by atoms with van der Waals surface area (Å²) < 4.78 is 77.2. The van der Waals surface area contributed by atoms with Crippen LogP contribution in [0.25, 0.3) is 0 Å². The molecule has 2 aromatic carbocycles. The smallest absolute Gasteiger partial charge is 0.387 e. The number of pyridine rings is 1. The first kappa shape index (κ1) is 29.7. The van der Waals surface area contributed by atoms with Gasteiger partial charge in [0.25, 0.3) is 5.91 Å². The minimum absolute atomic E-state index is 0.0292. The maximum absolute atomic E-state index is 15.8. The molecule has 1 aromatic heterocycles. The zero-order valence-corrected chi connectivity index (χ0v) is 23.2. The summed E-state index contributed by atoms with van der Waals surface area (Å²) in [5, 5.41) is 3.92. The van der Waals surface area contributed by atoms with Crippen LogP contribution >= 0.6 is 27.5 Å². The SMILES string of the molecule is CC(c1ncc(Br)cc1Cl)N(C(=O)C(F)c1ccccc1)/C(=N/OCC1CC1)c1c(OC(F)F)ccc(F)c1F. The van der Waals surface area contributed by atoms with E-state index in [0.717, 1.165) is 18.9 Å². The molecular weight excluding hydrogens is 625 g/mol. The van der Waals surface area contributed by atoms with Crippen LogP contribution in [0.5, 0.6) is 5.75 Å². The van der Waals surface area contributed by atoms with Gasteiger partial charge in [0.1, 0.15) is 17.9 Å². The summed E-state index contributed by atoms with van der Waals surface area (Å²) in [6.45, 7) is -2.02. The number of nitrogens with zero attached hydrogens (tertiary/aromatic N) is 3. The Morgan fingerprint density at radius 3 is 2.50 bits per heavy atom. The predicted octanol–water partition coefficient (Wildman–Crippen LogP) is 7.77. The van der Waals surface area contributed by atoms with Gasteiger partial charge in [-0.3, -0.25) is 14.7 Å². The van der Waals surface area contributed by atoms with Gasteiger partial charge in [-0.1, -0.05) is 47.1 Å². The highest BCUT2D eigenvalue weighted by molar-refractivity contribution is 9.10. The molecule has 1 fully saturated rings. The van der Waals surface area contributed by atoms with Crippen LogP contribution in [-0.4, -0.2) is 34.8 Å². The van der Waals surface area contributed by atoms with Crippen molar-refractivity contribution in [2.24, 2.45) is 11.1 Å². The second-order valence-corrected chi connectivity index (χ2v) is 10.3. The van der Waals surface area contributed by atoms with Crippen LogP contribution in [0.3, 0.4) is 0 Å². The van der Waals surface area contributed by atoms with Crippen molar-refractivity contribution in [2.45, 2.75) is 38.6 Å². The molecule has 3 aromatic rings. The van der Waals surface area contributed by atoms with Gasteiger partial charge in [-0.15, -0.1) is 0 Å². The summed E-state index contributed by atoms with van der Waals surface area (Å²) in [5.41, 5.74) is -0.993. The number of carbonyl (C=O) groups is 1. The van der Waals surface area contributed by atoms with Gasteiger partial charge in [-0.25, -0.2) is 13.2 Å². The summed E-state index contributed by atoms with van der Waals surface area (Å²) in [6, 6.07) is 8.83. The van der Waals surface area contributed by atoms with Crippen LogP contribution in [0.4, 0.5) is 22.0 Å². The number of carbonyl (C=O) groups excluding carboxylic acids is 1. The maximum Gasteiger partial charge on any atom is 0.387 e. The molecule has 4 rings (SSSR count). The second-order valence-electron chi connectivity index (χ2n) is 8.95. The second kappa shape index (κ2) is 12.9. The van der Waals surface area contributed by atoms with E-state index in [9.17, 15) is 18.0 Å². The lowest BCUT2D eigenvalue weighted by Crippen LogP contribution is -2.42. The highest BCUT2D eigenvalue weighted by atomic mass is 79.9. The van der Waals surface area contributed by atoms with Crippen molar-refractivity contribution in [3.05, 3.63) is 92.7 Å². The van der Waals surface area contributed by atoms with Gasteiger partial charge in [0.2, 0.25) is 6.17 Å². The molecular formula is C27H22BrClF5N3O3. The number of hydrogen-bond donors (Lipinski definition) is 0. The molecule has 0 aliphatic heterocycles. The number of rotatable bonds is 10. The van der Waals surface area contributed by atoms with E-state index in [1.807, 2.05) is 0 Å². The highest BCUT2D eigenvalue weighted by Gasteiger charge is 2.39. The van der Waals surface area contributed by atoms with E-state index in [0.29, 0.717) is 15.4 Å². The molecule has 1 aliphatic carbocycles. The van der Waals surface area contributed by atoms with Crippen LogP contribution in [0.2, 0.25) is 5.02 Å². The molecule has 2 unspecified atom stereocenters. The Hall–Kier alpha value is -3.25. The van der Waals surface area contributed by atoms with Gasteiger partial charge < -0.3 is 9.57 Å². The lowest BCUT2D eigenvalue weighted by atomic mass is 10.0. The van der Waals surface area contributed by atoms with Crippen LogP contribution in [0.15, 0.2) is 64.4 Å². The van der Waals surface area contributed by atoms with Crippen molar-refractivity contribution >= 4 is 39.3 Å². The summed E-state index contributed by atoms with van der Waals surface area (Å²) in [4.78, 5) is 24.0. The first-order valence-electron chi connectivity index (χ1n) is 12.0. The molecule has 13 heteroatoms. The molecule has 212 valence electrons. The predicted molar refractivity (Wildman–Crippen MR) is 141 cm³/mol. The van der Waals surface area contributed by atoms with Crippen molar-refractivity contribution in [1.82, 2.24) is 9.88 Å². The molecule has 1 heterocycles. The van der Waals surface area contributed by atoms with E-state index < -0.39 is 53.5 Å². The lowest BCUT2D eigenvalue weighted by molar-refractivity contribution is -0.134. The first-order valence-corrected chi connectivity index (χ1v) is 13.2. The van der Waals surface area contributed by atoms with Crippen molar-refractivity contribution < 1.29 is 36.3 Å². The van der Waals surface area contributed by atoms with Gasteiger partial charge >= 0.3 is 6.61 Å². The third-order valence-corrected chi connectivity index (χ3v) is 6.78. The van der Waals surface area contributed by atoms with Gasteiger partial charge in [0.05, 0.1) is 16.8 Å². The topological polar surface area (TPSA) is 64.0 Å². The van der Waals surface area contributed by atoms with Crippen LogP contribution in [-0.2, 0) is 9.63 Å². The molecule has 6 nitrogen and oxygen atoms in total. The summed E-state index contributed by atoms with van der Waals surface area (Å²) in [6.07, 6.45) is 0.690.